The topological polar surface area (TPSA) is 54.5 Å². The molecule has 0 spiro atoms. The van der Waals surface area contributed by atoms with Gasteiger partial charge in [-0.2, -0.15) is 0 Å². The molecule has 0 aromatic carbocycles. The number of alkyl halides is 1. The molecule has 1 aliphatic heterocycles. The summed E-state index contributed by atoms with van der Waals surface area (Å²) in [5, 5.41) is 5.97. The summed E-state index contributed by atoms with van der Waals surface area (Å²) in [4.78, 5) is 17.9. The summed E-state index contributed by atoms with van der Waals surface area (Å²) in [6.07, 6.45) is 1.56. The Bertz CT molecular complexity index is 427. The van der Waals surface area contributed by atoms with Crippen molar-refractivity contribution in [3.8, 4) is 0 Å². The largest absolute Gasteiger partial charge is 0.453 e. The van der Waals surface area contributed by atoms with Crippen LogP contribution in [0.25, 0.3) is 0 Å². The summed E-state index contributed by atoms with van der Waals surface area (Å²) in [7, 11) is 1.39. The van der Waals surface area contributed by atoms with Crippen LogP contribution in [0.1, 0.15) is 17.1 Å². The molecular weight excluding hydrogens is 286 g/mol. The zero-order valence-corrected chi connectivity index (χ0v) is 12.5. The van der Waals surface area contributed by atoms with E-state index in [1.54, 1.807) is 11.3 Å². The Morgan fingerprint density at radius 1 is 1.74 bits per heavy atom. The number of alkyl carbamates (subject to hydrolysis) is 1. The van der Waals surface area contributed by atoms with Gasteiger partial charge >= 0.3 is 6.09 Å². The van der Waals surface area contributed by atoms with E-state index in [1.165, 1.54) is 7.11 Å². The van der Waals surface area contributed by atoms with E-state index in [1.807, 2.05) is 5.38 Å². The number of methoxy groups -OCH3 is 1. The lowest BCUT2D eigenvalue weighted by molar-refractivity contribution is 0.166. The fraction of sp³-hybridized carbons (Fsp3) is 0.667. The first kappa shape index (κ1) is 14.6. The number of carbonyl (C=O) groups is 1. The smallest absolute Gasteiger partial charge is 0.407 e. The number of aromatic nitrogens is 1. The van der Waals surface area contributed by atoms with Gasteiger partial charge in [-0.3, -0.25) is 0 Å². The molecule has 1 aliphatic rings. The van der Waals surface area contributed by atoms with Crippen LogP contribution in [0.4, 0.5) is 4.79 Å². The first-order valence-corrected chi connectivity index (χ1v) is 7.68. The molecule has 1 amide bonds. The van der Waals surface area contributed by atoms with Gasteiger partial charge in [0, 0.05) is 37.5 Å². The lowest BCUT2D eigenvalue weighted by atomic mass is 10.3. The van der Waals surface area contributed by atoms with Gasteiger partial charge in [-0.15, -0.1) is 22.9 Å². The zero-order chi connectivity index (χ0) is 13.7. The molecule has 1 aromatic heterocycles. The average Bonchev–Trinajstić information content (AvgIpc) is 3.05. The fourth-order valence-electron chi connectivity index (χ4n) is 2.16. The van der Waals surface area contributed by atoms with Crippen molar-refractivity contribution < 1.29 is 9.53 Å². The molecule has 1 fully saturated rings. The SMILES string of the molecule is COC(=O)NC1CCN(CCc2nc(CCl)cs2)C1. The van der Waals surface area contributed by atoms with Gasteiger partial charge < -0.3 is 15.0 Å². The summed E-state index contributed by atoms with van der Waals surface area (Å²) in [6, 6.07) is 0.196. The van der Waals surface area contributed by atoms with Crippen molar-refractivity contribution in [2.45, 2.75) is 24.8 Å². The van der Waals surface area contributed by atoms with E-state index < -0.39 is 0 Å². The molecule has 1 saturated heterocycles. The minimum Gasteiger partial charge on any atom is -0.453 e. The van der Waals surface area contributed by atoms with E-state index in [0.29, 0.717) is 5.88 Å². The van der Waals surface area contributed by atoms with Crippen LogP contribution in [-0.2, 0) is 17.0 Å². The van der Waals surface area contributed by atoms with Gasteiger partial charge in [0.1, 0.15) is 0 Å². The van der Waals surface area contributed by atoms with E-state index in [4.69, 9.17) is 11.6 Å². The number of nitrogens with zero attached hydrogens (tertiary/aromatic N) is 2. The first-order valence-electron chi connectivity index (χ1n) is 6.27. The van der Waals surface area contributed by atoms with E-state index >= 15 is 0 Å². The van der Waals surface area contributed by atoms with Gasteiger partial charge in [-0.1, -0.05) is 0 Å². The number of carbonyl (C=O) groups excluding carboxylic acids is 1. The maximum atomic E-state index is 11.1. The molecule has 0 aliphatic carbocycles. The van der Waals surface area contributed by atoms with E-state index in [9.17, 15) is 4.79 Å². The number of hydrogen-bond donors (Lipinski definition) is 1. The van der Waals surface area contributed by atoms with Crippen molar-refractivity contribution in [2.24, 2.45) is 0 Å². The van der Waals surface area contributed by atoms with Crippen LogP contribution < -0.4 is 5.32 Å². The van der Waals surface area contributed by atoms with Crippen LogP contribution >= 0.6 is 22.9 Å². The van der Waals surface area contributed by atoms with Gasteiger partial charge in [0.2, 0.25) is 0 Å². The molecule has 2 heterocycles. The summed E-state index contributed by atoms with van der Waals surface area (Å²) < 4.78 is 4.60. The Morgan fingerprint density at radius 3 is 3.26 bits per heavy atom. The van der Waals surface area contributed by atoms with Gasteiger partial charge in [0.05, 0.1) is 23.7 Å². The van der Waals surface area contributed by atoms with Crippen LogP contribution in [0, 0.1) is 0 Å². The average molecular weight is 304 g/mol. The van der Waals surface area contributed by atoms with E-state index in [2.05, 4.69) is 19.9 Å². The number of likely N-dealkylation sites (tertiary alicyclic amines) is 1. The van der Waals surface area contributed by atoms with Crippen molar-refractivity contribution in [1.29, 1.82) is 0 Å². The van der Waals surface area contributed by atoms with Crippen LogP contribution in [0.3, 0.4) is 0 Å². The first-order chi connectivity index (χ1) is 9.21. The van der Waals surface area contributed by atoms with E-state index in [0.717, 1.165) is 43.2 Å². The molecule has 7 heteroatoms. The number of nitrogens with one attached hydrogen (secondary N) is 1. The molecule has 5 nitrogen and oxygen atoms in total. The molecular formula is C12H18ClN3O2S. The molecule has 106 valence electrons. The molecule has 0 bridgehead atoms. The maximum absolute atomic E-state index is 11.1. The highest BCUT2D eigenvalue weighted by molar-refractivity contribution is 7.09. The van der Waals surface area contributed by atoms with Crippen molar-refractivity contribution in [1.82, 2.24) is 15.2 Å². The minimum atomic E-state index is -0.349. The normalized spacial score (nSPS) is 19.6. The maximum Gasteiger partial charge on any atom is 0.407 e. The van der Waals surface area contributed by atoms with Gasteiger partial charge in [0.25, 0.3) is 0 Å². The minimum absolute atomic E-state index is 0.196. The Hall–Kier alpha value is -0.850. The number of ether oxygens (including phenoxy) is 1. The fourth-order valence-corrected chi connectivity index (χ4v) is 3.17. The summed E-state index contributed by atoms with van der Waals surface area (Å²) in [5.41, 5.74) is 0.952. The van der Waals surface area contributed by atoms with Crippen LogP contribution in [-0.4, -0.2) is 48.8 Å². The third-order valence-electron chi connectivity index (χ3n) is 3.16. The molecule has 1 N–H and O–H groups in total. The second-order valence-corrected chi connectivity index (χ2v) is 5.75. The number of amides is 1. The monoisotopic (exact) mass is 303 g/mol. The second-order valence-electron chi connectivity index (χ2n) is 4.54. The zero-order valence-electron chi connectivity index (χ0n) is 10.9. The molecule has 1 atom stereocenters. The standard InChI is InChI=1S/C12H18ClN3O2S/c1-18-12(17)15-9-2-4-16(7-9)5-3-11-14-10(6-13)8-19-11/h8-9H,2-7H2,1H3,(H,15,17). The highest BCUT2D eigenvalue weighted by Crippen LogP contribution is 2.14. The second kappa shape index (κ2) is 7.07. The van der Waals surface area contributed by atoms with Gasteiger partial charge in [0.15, 0.2) is 0 Å². The third kappa shape index (κ3) is 4.33. The number of halogens is 1. The lowest BCUT2D eigenvalue weighted by Gasteiger charge is -2.15. The van der Waals surface area contributed by atoms with Crippen LogP contribution in [0.15, 0.2) is 5.38 Å². The molecule has 0 radical (unpaired) electrons. The van der Waals surface area contributed by atoms with Gasteiger partial charge in [-0.05, 0) is 6.42 Å². The van der Waals surface area contributed by atoms with Crippen LogP contribution in [0.2, 0.25) is 0 Å². The Morgan fingerprint density at radius 2 is 2.58 bits per heavy atom. The highest BCUT2D eigenvalue weighted by Gasteiger charge is 2.23. The molecule has 19 heavy (non-hydrogen) atoms. The quantitative estimate of drug-likeness (QED) is 0.844. The highest BCUT2D eigenvalue weighted by atomic mass is 35.5. The van der Waals surface area contributed by atoms with Gasteiger partial charge in [-0.25, -0.2) is 9.78 Å². The Kier molecular flexibility index (Phi) is 5.42. The summed E-state index contributed by atoms with van der Waals surface area (Å²) in [5.74, 6) is 0.478. The molecule has 0 saturated carbocycles. The van der Waals surface area contributed by atoms with Crippen molar-refractivity contribution >= 4 is 29.0 Å². The molecule has 1 aromatic rings. The predicted molar refractivity (Wildman–Crippen MR) is 75.8 cm³/mol. The number of rotatable bonds is 5. The van der Waals surface area contributed by atoms with Crippen molar-refractivity contribution in [2.75, 3.05) is 26.7 Å². The molecule has 1 unspecified atom stereocenters. The van der Waals surface area contributed by atoms with E-state index in [-0.39, 0.29) is 12.1 Å². The summed E-state index contributed by atoms with van der Waals surface area (Å²) in [6.45, 7) is 2.85. The van der Waals surface area contributed by atoms with Crippen molar-refractivity contribution in [3.05, 3.63) is 16.1 Å². The lowest BCUT2D eigenvalue weighted by Crippen LogP contribution is -2.37. The molecule has 2 rings (SSSR count). The Labute approximate surface area is 121 Å². The number of hydrogen-bond acceptors (Lipinski definition) is 5. The van der Waals surface area contributed by atoms with Crippen LogP contribution in [0.5, 0.6) is 0 Å². The third-order valence-corrected chi connectivity index (χ3v) is 4.39. The van der Waals surface area contributed by atoms with Crippen molar-refractivity contribution in [3.63, 3.8) is 0 Å². The Balaban J connectivity index is 1.71. The summed E-state index contributed by atoms with van der Waals surface area (Å²) >= 11 is 7.39. The predicted octanol–water partition coefficient (Wildman–Crippen LogP) is 1.85. The number of thiazole rings is 1.